The third kappa shape index (κ3) is 4.67. The molecule has 0 unspecified atom stereocenters. The molecule has 0 radical (unpaired) electrons. The van der Waals surface area contributed by atoms with Crippen molar-refractivity contribution in [3.8, 4) is 5.75 Å². The second-order valence-corrected chi connectivity index (χ2v) is 7.04. The number of nitrogens with one attached hydrogen (secondary N) is 1. The Balaban J connectivity index is 2.05. The Bertz CT molecular complexity index is 627. The van der Waals surface area contributed by atoms with E-state index in [0.717, 1.165) is 8.04 Å². The van der Waals surface area contributed by atoms with E-state index in [9.17, 15) is 4.79 Å². The van der Waals surface area contributed by atoms with Gasteiger partial charge in [-0.15, -0.1) is 0 Å². The summed E-state index contributed by atoms with van der Waals surface area (Å²) in [7, 11) is 0. The van der Waals surface area contributed by atoms with Crippen LogP contribution in [0, 0.1) is 3.57 Å². The first kappa shape index (κ1) is 16.2. The second-order valence-electron chi connectivity index (χ2n) is 4.88. The van der Waals surface area contributed by atoms with Gasteiger partial charge in [-0.2, -0.15) is 0 Å². The van der Waals surface area contributed by atoms with Crippen molar-refractivity contribution >= 4 is 50.2 Å². The predicted octanol–water partition coefficient (Wildman–Crippen LogP) is 4.24. The van der Waals surface area contributed by atoms with E-state index in [1.54, 1.807) is 26.1 Å². The number of nitrogens with zero attached hydrogens (tertiary/aromatic N) is 1. The van der Waals surface area contributed by atoms with E-state index in [-0.39, 0.29) is 5.91 Å². The summed E-state index contributed by atoms with van der Waals surface area (Å²) < 4.78 is 7.72. The molecule has 0 bridgehead atoms. The van der Waals surface area contributed by atoms with Crippen molar-refractivity contribution in [2.75, 3.05) is 5.32 Å². The van der Waals surface area contributed by atoms with Gasteiger partial charge in [0.2, 0.25) is 0 Å². The Morgan fingerprint density at radius 1 is 1.24 bits per heavy atom. The molecule has 110 valence electrons. The molecule has 4 nitrogen and oxygen atoms in total. The van der Waals surface area contributed by atoms with Crippen molar-refractivity contribution in [1.29, 1.82) is 0 Å². The van der Waals surface area contributed by atoms with E-state index in [0.29, 0.717) is 11.6 Å². The van der Waals surface area contributed by atoms with Gasteiger partial charge in [-0.25, -0.2) is 4.98 Å². The minimum Gasteiger partial charge on any atom is -0.478 e. The Labute approximate surface area is 145 Å². The molecule has 0 saturated carbocycles. The van der Waals surface area contributed by atoms with Gasteiger partial charge in [0.25, 0.3) is 5.91 Å². The Hall–Kier alpha value is -1.15. The molecule has 0 atom stereocenters. The summed E-state index contributed by atoms with van der Waals surface area (Å²) in [5.41, 5.74) is -1.00. The summed E-state index contributed by atoms with van der Waals surface area (Å²) in [4.78, 5) is 16.5. The fourth-order valence-corrected chi connectivity index (χ4v) is 2.14. The number of aromatic nitrogens is 1. The van der Waals surface area contributed by atoms with Gasteiger partial charge >= 0.3 is 0 Å². The molecular formula is C15H14BrIN2O2. The SMILES string of the molecule is CC(C)(Oc1ccc(Br)cc1)C(=O)Nc1ccc(I)cn1. The number of hydrogen-bond acceptors (Lipinski definition) is 3. The number of rotatable bonds is 4. The van der Waals surface area contributed by atoms with Gasteiger partial charge in [-0.3, -0.25) is 4.79 Å². The summed E-state index contributed by atoms with van der Waals surface area (Å²) in [6.07, 6.45) is 1.69. The molecule has 1 aromatic carbocycles. The third-order valence-electron chi connectivity index (χ3n) is 2.70. The first-order chi connectivity index (χ1) is 9.87. The lowest BCUT2D eigenvalue weighted by Gasteiger charge is -2.25. The molecule has 6 heteroatoms. The number of hydrogen-bond donors (Lipinski definition) is 1. The molecule has 0 spiro atoms. The maximum Gasteiger partial charge on any atom is 0.269 e. The highest BCUT2D eigenvalue weighted by Crippen LogP contribution is 2.22. The molecule has 0 fully saturated rings. The van der Waals surface area contributed by atoms with Crippen molar-refractivity contribution in [3.05, 3.63) is 50.6 Å². The van der Waals surface area contributed by atoms with Crippen LogP contribution in [0.15, 0.2) is 47.1 Å². The molecule has 1 aromatic heterocycles. The van der Waals surface area contributed by atoms with Crippen LogP contribution in [0.1, 0.15) is 13.8 Å². The minimum absolute atomic E-state index is 0.251. The van der Waals surface area contributed by atoms with Crippen LogP contribution in [0.4, 0.5) is 5.82 Å². The number of carbonyl (C=O) groups excluding carboxylic acids is 1. The smallest absolute Gasteiger partial charge is 0.269 e. The summed E-state index contributed by atoms with van der Waals surface area (Å²) in [5, 5.41) is 2.75. The van der Waals surface area contributed by atoms with Gasteiger partial charge in [0.15, 0.2) is 5.60 Å². The topological polar surface area (TPSA) is 51.2 Å². The van der Waals surface area contributed by atoms with Crippen LogP contribution in [0.3, 0.4) is 0 Å². The average molecular weight is 461 g/mol. The van der Waals surface area contributed by atoms with Gasteiger partial charge in [-0.1, -0.05) is 15.9 Å². The molecule has 21 heavy (non-hydrogen) atoms. The van der Waals surface area contributed by atoms with Crippen LogP contribution >= 0.6 is 38.5 Å². The van der Waals surface area contributed by atoms with E-state index < -0.39 is 5.60 Å². The maximum absolute atomic E-state index is 12.3. The Morgan fingerprint density at radius 3 is 2.48 bits per heavy atom. The second kappa shape index (κ2) is 6.74. The standard InChI is InChI=1S/C15H14BrIN2O2/c1-15(2,21-12-6-3-10(16)4-7-12)14(20)19-13-8-5-11(17)9-18-13/h3-9H,1-2H3,(H,18,19,20). The largest absolute Gasteiger partial charge is 0.478 e. The Kier molecular flexibility index (Phi) is 5.21. The first-order valence-electron chi connectivity index (χ1n) is 6.24. The van der Waals surface area contributed by atoms with E-state index in [1.807, 2.05) is 30.3 Å². The van der Waals surface area contributed by atoms with E-state index in [2.05, 4.69) is 48.8 Å². The number of anilines is 1. The number of benzene rings is 1. The number of ether oxygens (including phenoxy) is 1. The van der Waals surface area contributed by atoms with Crippen LogP contribution in [0.2, 0.25) is 0 Å². The predicted molar refractivity (Wildman–Crippen MR) is 94.4 cm³/mol. The summed E-state index contributed by atoms with van der Waals surface area (Å²) in [6, 6.07) is 11.0. The zero-order valence-electron chi connectivity index (χ0n) is 11.6. The van der Waals surface area contributed by atoms with Gasteiger partial charge < -0.3 is 10.1 Å². The van der Waals surface area contributed by atoms with Gasteiger partial charge in [0.1, 0.15) is 11.6 Å². The summed E-state index contributed by atoms with van der Waals surface area (Å²) in [6.45, 7) is 3.44. The lowest BCUT2D eigenvalue weighted by molar-refractivity contribution is -0.128. The lowest BCUT2D eigenvalue weighted by atomic mass is 10.1. The normalized spacial score (nSPS) is 11.0. The number of pyridine rings is 1. The quantitative estimate of drug-likeness (QED) is 0.694. The first-order valence-corrected chi connectivity index (χ1v) is 8.11. The van der Waals surface area contributed by atoms with E-state index >= 15 is 0 Å². The molecule has 0 aliphatic carbocycles. The van der Waals surface area contributed by atoms with Gasteiger partial charge in [-0.05, 0) is 72.8 Å². The monoisotopic (exact) mass is 460 g/mol. The molecule has 0 aliphatic heterocycles. The van der Waals surface area contributed by atoms with E-state index in [1.165, 1.54) is 0 Å². The minimum atomic E-state index is -1.00. The maximum atomic E-state index is 12.3. The zero-order chi connectivity index (χ0) is 15.5. The Morgan fingerprint density at radius 2 is 1.90 bits per heavy atom. The lowest BCUT2D eigenvalue weighted by Crippen LogP contribution is -2.42. The molecular weight excluding hydrogens is 447 g/mol. The molecule has 1 amide bonds. The van der Waals surface area contributed by atoms with Crippen molar-refractivity contribution in [1.82, 2.24) is 4.98 Å². The zero-order valence-corrected chi connectivity index (χ0v) is 15.3. The van der Waals surface area contributed by atoms with Crippen molar-refractivity contribution < 1.29 is 9.53 Å². The summed E-state index contributed by atoms with van der Waals surface area (Å²) in [5.74, 6) is 0.890. The molecule has 0 aliphatic rings. The highest BCUT2D eigenvalue weighted by molar-refractivity contribution is 14.1. The fourth-order valence-electron chi connectivity index (χ4n) is 1.56. The summed E-state index contributed by atoms with van der Waals surface area (Å²) >= 11 is 5.52. The highest BCUT2D eigenvalue weighted by atomic mass is 127. The van der Waals surface area contributed by atoms with Crippen molar-refractivity contribution in [2.45, 2.75) is 19.4 Å². The van der Waals surface area contributed by atoms with Gasteiger partial charge in [0, 0.05) is 14.2 Å². The fraction of sp³-hybridized carbons (Fsp3) is 0.200. The van der Waals surface area contributed by atoms with Crippen LogP contribution in [-0.4, -0.2) is 16.5 Å². The average Bonchev–Trinajstić information content (AvgIpc) is 2.43. The van der Waals surface area contributed by atoms with Crippen LogP contribution < -0.4 is 10.1 Å². The van der Waals surface area contributed by atoms with Crippen LogP contribution in [0.5, 0.6) is 5.75 Å². The number of halogens is 2. The highest BCUT2D eigenvalue weighted by Gasteiger charge is 2.30. The number of carbonyl (C=O) groups is 1. The molecule has 2 rings (SSSR count). The molecule has 1 heterocycles. The van der Waals surface area contributed by atoms with Crippen molar-refractivity contribution in [2.24, 2.45) is 0 Å². The van der Waals surface area contributed by atoms with Crippen LogP contribution in [0.25, 0.3) is 0 Å². The van der Waals surface area contributed by atoms with Gasteiger partial charge in [0.05, 0.1) is 0 Å². The van der Waals surface area contributed by atoms with E-state index in [4.69, 9.17) is 4.74 Å². The molecule has 1 N–H and O–H groups in total. The molecule has 0 saturated heterocycles. The molecule has 2 aromatic rings. The third-order valence-corrected chi connectivity index (χ3v) is 3.87. The van der Waals surface area contributed by atoms with Crippen LogP contribution in [-0.2, 0) is 4.79 Å². The van der Waals surface area contributed by atoms with Crippen molar-refractivity contribution in [3.63, 3.8) is 0 Å². The number of amides is 1.